The molecule has 0 atom stereocenters. The highest BCUT2D eigenvalue weighted by molar-refractivity contribution is 7.09. The average molecular weight is 254 g/mol. The molecule has 0 spiro atoms. The summed E-state index contributed by atoms with van der Waals surface area (Å²) in [5.74, 6) is 0.0624. The van der Waals surface area contributed by atoms with Crippen LogP contribution in [0.1, 0.15) is 30.6 Å². The van der Waals surface area contributed by atoms with Gasteiger partial charge < -0.3 is 10.1 Å². The van der Waals surface area contributed by atoms with Crippen LogP contribution >= 0.6 is 11.3 Å². The molecule has 0 radical (unpaired) electrons. The number of nitrogens with zero attached hydrogens (tertiary/aromatic N) is 1. The number of hydrogen-bond donors (Lipinski definition) is 1. The number of ether oxygens (including phenoxy) is 1. The second kappa shape index (κ2) is 6.12. The summed E-state index contributed by atoms with van der Waals surface area (Å²) in [6.45, 7) is 0.887. The number of nitrogens with one attached hydrogen (secondary N) is 1. The first kappa shape index (κ1) is 12.5. The van der Waals surface area contributed by atoms with Crippen LogP contribution in [0, 0.1) is 5.92 Å². The van der Waals surface area contributed by atoms with Crippen molar-refractivity contribution in [3.8, 4) is 0 Å². The third-order valence-electron chi connectivity index (χ3n) is 3.31. The molecule has 1 aromatic rings. The van der Waals surface area contributed by atoms with E-state index in [0.717, 1.165) is 32.2 Å². The average Bonchev–Trinajstić information content (AvgIpc) is 2.89. The molecule has 5 heteroatoms. The quantitative estimate of drug-likeness (QED) is 0.835. The van der Waals surface area contributed by atoms with Crippen molar-refractivity contribution in [3.05, 3.63) is 16.6 Å². The van der Waals surface area contributed by atoms with Crippen molar-refractivity contribution in [1.29, 1.82) is 0 Å². The number of thiazole rings is 1. The Bertz CT molecular complexity index is 345. The van der Waals surface area contributed by atoms with Crippen LogP contribution in [-0.2, 0) is 16.1 Å². The highest BCUT2D eigenvalue weighted by atomic mass is 32.1. The van der Waals surface area contributed by atoms with Crippen molar-refractivity contribution in [1.82, 2.24) is 10.3 Å². The maximum absolute atomic E-state index is 11.4. The van der Waals surface area contributed by atoms with E-state index >= 15 is 0 Å². The predicted molar refractivity (Wildman–Crippen MR) is 66.7 cm³/mol. The summed E-state index contributed by atoms with van der Waals surface area (Å²) in [5.41, 5.74) is 1.85. The summed E-state index contributed by atoms with van der Waals surface area (Å²) in [6, 6.07) is 0.526. The number of rotatable bonds is 4. The fraction of sp³-hybridized carbons (Fsp3) is 0.667. The molecular weight excluding hydrogens is 236 g/mol. The first-order chi connectivity index (χ1) is 8.29. The van der Waals surface area contributed by atoms with E-state index in [0.29, 0.717) is 6.04 Å². The first-order valence-electron chi connectivity index (χ1n) is 5.98. The number of hydrogen-bond acceptors (Lipinski definition) is 5. The molecule has 1 aromatic heterocycles. The maximum atomic E-state index is 11.4. The molecule has 0 bridgehead atoms. The number of esters is 1. The Balaban J connectivity index is 1.70. The van der Waals surface area contributed by atoms with Crippen molar-refractivity contribution >= 4 is 17.3 Å². The van der Waals surface area contributed by atoms with Crippen LogP contribution in [-0.4, -0.2) is 24.1 Å². The number of aromatic nitrogens is 1. The van der Waals surface area contributed by atoms with Crippen LogP contribution in [0.5, 0.6) is 0 Å². The van der Waals surface area contributed by atoms with Gasteiger partial charge in [0.25, 0.3) is 0 Å². The third kappa shape index (κ3) is 3.51. The molecule has 0 aliphatic heterocycles. The topological polar surface area (TPSA) is 51.2 Å². The lowest BCUT2D eigenvalue weighted by atomic mass is 9.86. The summed E-state index contributed by atoms with van der Waals surface area (Å²) in [6.07, 6.45) is 5.88. The summed E-state index contributed by atoms with van der Waals surface area (Å²) in [7, 11) is 1.47. The smallest absolute Gasteiger partial charge is 0.308 e. The molecular formula is C12H18N2O2S. The fourth-order valence-electron chi connectivity index (χ4n) is 2.27. The molecule has 1 aliphatic carbocycles. The zero-order valence-corrected chi connectivity index (χ0v) is 10.8. The molecule has 0 aromatic carbocycles. The van der Waals surface area contributed by atoms with Crippen molar-refractivity contribution in [2.45, 2.75) is 38.3 Å². The van der Waals surface area contributed by atoms with Gasteiger partial charge in [-0.05, 0) is 25.7 Å². The highest BCUT2D eigenvalue weighted by Crippen LogP contribution is 2.25. The standard InChI is InChI=1S/C12H18N2O2S/c1-16-12(15)9-2-4-10(5-3-9)14-7-11-6-13-8-17-11/h6,8-10,14H,2-5,7H2,1H3. The molecule has 1 N–H and O–H groups in total. The molecule has 1 heterocycles. The molecule has 94 valence electrons. The lowest BCUT2D eigenvalue weighted by Gasteiger charge is -2.27. The Morgan fingerprint density at radius 2 is 2.29 bits per heavy atom. The van der Waals surface area contributed by atoms with E-state index in [1.54, 1.807) is 11.3 Å². The summed E-state index contributed by atoms with van der Waals surface area (Å²) in [4.78, 5) is 16.7. The summed E-state index contributed by atoms with van der Waals surface area (Å²) in [5, 5.41) is 3.52. The second-order valence-corrected chi connectivity index (χ2v) is 5.39. The fourth-order valence-corrected chi connectivity index (χ4v) is 2.82. The van der Waals surface area contributed by atoms with E-state index < -0.39 is 0 Å². The summed E-state index contributed by atoms with van der Waals surface area (Å²) < 4.78 is 4.78. The Morgan fingerprint density at radius 1 is 1.53 bits per heavy atom. The Morgan fingerprint density at radius 3 is 2.88 bits per heavy atom. The van der Waals surface area contributed by atoms with E-state index in [1.165, 1.54) is 12.0 Å². The second-order valence-electron chi connectivity index (χ2n) is 4.42. The zero-order chi connectivity index (χ0) is 12.1. The van der Waals surface area contributed by atoms with Gasteiger partial charge in [0.15, 0.2) is 0 Å². The van der Waals surface area contributed by atoms with E-state index in [9.17, 15) is 4.79 Å². The van der Waals surface area contributed by atoms with E-state index in [2.05, 4.69) is 10.3 Å². The van der Waals surface area contributed by atoms with Crippen molar-refractivity contribution in [3.63, 3.8) is 0 Å². The molecule has 0 amide bonds. The monoisotopic (exact) mass is 254 g/mol. The van der Waals surface area contributed by atoms with Gasteiger partial charge in [0.05, 0.1) is 18.5 Å². The minimum Gasteiger partial charge on any atom is -0.469 e. The van der Waals surface area contributed by atoms with Gasteiger partial charge in [-0.1, -0.05) is 0 Å². The van der Waals surface area contributed by atoms with E-state index in [1.807, 2.05) is 11.7 Å². The van der Waals surface area contributed by atoms with Crippen LogP contribution in [0.3, 0.4) is 0 Å². The molecule has 1 saturated carbocycles. The van der Waals surface area contributed by atoms with Gasteiger partial charge in [-0.15, -0.1) is 11.3 Å². The predicted octanol–water partition coefficient (Wildman–Crippen LogP) is 1.96. The van der Waals surface area contributed by atoms with Gasteiger partial charge >= 0.3 is 5.97 Å². The minimum absolute atomic E-state index is 0.0501. The lowest BCUT2D eigenvalue weighted by Crippen LogP contribution is -2.34. The SMILES string of the molecule is COC(=O)C1CCC(NCc2cncs2)CC1. The van der Waals surface area contributed by atoms with Crippen LogP contribution in [0.15, 0.2) is 11.7 Å². The van der Waals surface area contributed by atoms with Crippen LogP contribution in [0.2, 0.25) is 0 Å². The lowest BCUT2D eigenvalue weighted by molar-refractivity contribution is -0.146. The Kier molecular flexibility index (Phi) is 4.50. The molecule has 0 saturated heterocycles. The van der Waals surface area contributed by atoms with Gasteiger partial charge in [0, 0.05) is 23.7 Å². The Labute approximate surface area is 105 Å². The molecule has 1 aliphatic rings. The van der Waals surface area contributed by atoms with Gasteiger partial charge in [-0.25, -0.2) is 0 Å². The number of carbonyl (C=O) groups is 1. The molecule has 2 rings (SSSR count). The van der Waals surface area contributed by atoms with Gasteiger partial charge in [-0.3, -0.25) is 9.78 Å². The van der Waals surface area contributed by atoms with Crippen molar-refractivity contribution < 1.29 is 9.53 Å². The number of carbonyl (C=O) groups excluding carboxylic acids is 1. The minimum atomic E-state index is -0.0501. The van der Waals surface area contributed by atoms with Crippen molar-refractivity contribution in [2.24, 2.45) is 5.92 Å². The highest BCUT2D eigenvalue weighted by Gasteiger charge is 2.26. The van der Waals surface area contributed by atoms with Crippen molar-refractivity contribution in [2.75, 3.05) is 7.11 Å². The number of methoxy groups -OCH3 is 1. The normalized spacial score (nSPS) is 24.5. The third-order valence-corrected chi connectivity index (χ3v) is 4.09. The van der Waals surface area contributed by atoms with Gasteiger partial charge in [0.1, 0.15) is 0 Å². The van der Waals surface area contributed by atoms with Crippen LogP contribution < -0.4 is 5.32 Å². The van der Waals surface area contributed by atoms with Crippen LogP contribution in [0.4, 0.5) is 0 Å². The van der Waals surface area contributed by atoms with Crippen LogP contribution in [0.25, 0.3) is 0 Å². The van der Waals surface area contributed by atoms with Gasteiger partial charge in [-0.2, -0.15) is 0 Å². The molecule has 1 fully saturated rings. The maximum Gasteiger partial charge on any atom is 0.308 e. The summed E-state index contributed by atoms with van der Waals surface area (Å²) >= 11 is 1.67. The Hall–Kier alpha value is -0.940. The first-order valence-corrected chi connectivity index (χ1v) is 6.86. The molecule has 4 nitrogen and oxygen atoms in total. The molecule has 17 heavy (non-hydrogen) atoms. The largest absolute Gasteiger partial charge is 0.469 e. The molecule has 0 unspecified atom stereocenters. The van der Waals surface area contributed by atoms with E-state index in [-0.39, 0.29) is 11.9 Å². The van der Waals surface area contributed by atoms with E-state index in [4.69, 9.17) is 4.74 Å². The van der Waals surface area contributed by atoms with Gasteiger partial charge in [0.2, 0.25) is 0 Å². The zero-order valence-electron chi connectivity index (χ0n) is 10.0.